The molecule has 0 heterocycles. The van der Waals surface area contributed by atoms with Crippen LogP contribution in [0.15, 0.2) is 12.1 Å². The number of phenolic OH excluding ortho intramolecular Hbond substituents is 1. The molecule has 0 spiro atoms. The van der Waals surface area contributed by atoms with Crippen molar-refractivity contribution in [3.63, 3.8) is 0 Å². The first kappa shape index (κ1) is 10.9. The van der Waals surface area contributed by atoms with E-state index >= 15 is 0 Å². The highest BCUT2D eigenvalue weighted by Crippen LogP contribution is 2.27. The number of hydrogen-bond donors (Lipinski definition) is 2. The van der Waals surface area contributed by atoms with Crippen LogP contribution in [-0.2, 0) is 6.42 Å². The van der Waals surface area contributed by atoms with Crippen molar-refractivity contribution in [1.82, 2.24) is 5.32 Å². The van der Waals surface area contributed by atoms with E-state index in [1.165, 1.54) is 0 Å². The molecular weight excluding hydrogens is 178 g/mol. The molecule has 1 aromatic rings. The van der Waals surface area contributed by atoms with Crippen LogP contribution in [0.5, 0.6) is 11.5 Å². The normalized spacial score (nSPS) is 10.2. The highest BCUT2D eigenvalue weighted by molar-refractivity contribution is 5.45. The second kappa shape index (κ2) is 4.86. The fourth-order valence-corrected chi connectivity index (χ4v) is 1.52. The minimum atomic E-state index is 0.257. The van der Waals surface area contributed by atoms with E-state index in [2.05, 4.69) is 5.32 Å². The number of nitrogens with one attached hydrogen (secondary N) is 1. The SMILES string of the molecule is CNCCc1c(C)cc(O)cc1OC. The van der Waals surface area contributed by atoms with E-state index in [0.717, 1.165) is 29.8 Å². The fourth-order valence-electron chi connectivity index (χ4n) is 1.52. The maximum absolute atomic E-state index is 9.38. The van der Waals surface area contributed by atoms with Gasteiger partial charge in [-0.3, -0.25) is 0 Å². The molecule has 0 bridgehead atoms. The van der Waals surface area contributed by atoms with Gasteiger partial charge in [0.05, 0.1) is 7.11 Å². The molecule has 14 heavy (non-hydrogen) atoms. The largest absolute Gasteiger partial charge is 0.508 e. The summed E-state index contributed by atoms with van der Waals surface area (Å²) >= 11 is 0. The molecule has 0 aliphatic heterocycles. The molecule has 3 heteroatoms. The summed E-state index contributed by atoms with van der Waals surface area (Å²) in [6.45, 7) is 2.88. The van der Waals surface area contributed by atoms with Crippen molar-refractivity contribution in [2.24, 2.45) is 0 Å². The maximum Gasteiger partial charge on any atom is 0.126 e. The predicted molar refractivity (Wildman–Crippen MR) is 57.0 cm³/mol. The lowest BCUT2D eigenvalue weighted by Gasteiger charge is -2.11. The van der Waals surface area contributed by atoms with Gasteiger partial charge in [-0.15, -0.1) is 0 Å². The zero-order chi connectivity index (χ0) is 10.6. The summed E-state index contributed by atoms with van der Waals surface area (Å²) in [6, 6.07) is 3.41. The Hall–Kier alpha value is -1.22. The van der Waals surface area contributed by atoms with Gasteiger partial charge >= 0.3 is 0 Å². The molecule has 0 atom stereocenters. The zero-order valence-corrected chi connectivity index (χ0v) is 8.92. The van der Waals surface area contributed by atoms with Gasteiger partial charge in [-0.05, 0) is 44.1 Å². The molecule has 3 nitrogen and oxygen atoms in total. The Morgan fingerprint density at radius 3 is 2.71 bits per heavy atom. The Morgan fingerprint density at radius 2 is 2.14 bits per heavy atom. The van der Waals surface area contributed by atoms with Crippen LogP contribution in [0, 0.1) is 6.92 Å². The van der Waals surface area contributed by atoms with Crippen molar-refractivity contribution in [3.8, 4) is 11.5 Å². The summed E-state index contributed by atoms with van der Waals surface area (Å²) in [5, 5.41) is 12.5. The van der Waals surface area contributed by atoms with Crippen LogP contribution >= 0.6 is 0 Å². The van der Waals surface area contributed by atoms with E-state index in [9.17, 15) is 5.11 Å². The van der Waals surface area contributed by atoms with Gasteiger partial charge in [-0.1, -0.05) is 0 Å². The second-order valence-electron chi connectivity index (χ2n) is 3.30. The van der Waals surface area contributed by atoms with Gasteiger partial charge in [0.15, 0.2) is 0 Å². The van der Waals surface area contributed by atoms with E-state index in [-0.39, 0.29) is 5.75 Å². The predicted octanol–water partition coefficient (Wildman–Crippen LogP) is 1.47. The number of aryl methyl sites for hydroxylation is 1. The third-order valence-electron chi connectivity index (χ3n) is 2.26. The summed E-state index contributed by atoms with van der Waals surface area (Å²) in [6.07, 6.45) is 0.909. The lowest BCUT2D eigenvalue weighted by Crippen LogP contribution is -2.11. The average Bonchev–Trinajstić information content (AvgIpc) is 2.15. The van der Waals surface area contributed by atoms with Crippen LogP contribution in [0.4, 0.5) is 0 Å². The van der Waals surface area contributed by atoms with Gasteiger partial charge < -0.3 is 15.2 Å². The second-order valence-corrected chi connectivity index (χ2v) is 3.30. The van der Waals surface area contributed by atoms with Crippen molar-refractivity contribution < 1.29 is 9.84 Å². The molecule has 0 aliphatic rings. The Labute approximate surface area is 84.7 Å². The third-order valence-corrected chi connectivity index (χ3v) is 2.26. The molecule has 0 aliphatic carbocycles. The van der Waals surface area contributed by atoms with Crippen molar-refractivity contribution >= 4 is 0 Å². The van der Waals surface area contributed by atoms with Crippen molar-refractivity contribution in [1.29, 1.82) is 0 Å². The van der Waals surface area contributed by atoms with E-state index in [1.807, 2.05) is 14.0 Å². The van der Waals surface area contributed by atoms with Crippen molar-refractivity contribution in [2.75, 3.05) is 20.7 Å². The number of likely N-dealkylation sites (N-methyl/N-ethyl adjacent to an activating group) is 1. The number of methoxy groups -OCH3 is 1. The van der Waals surface area contributed by atoms with Crippen LogP contribution in [0.2, 0.25) is 0 Å². The smallest absolute Gasteiger partial charge is 0.126 e. The number of benzene rings is 1. The van der Waals surface area contributed by atoms with Gasteiger partial charge in [-0.25, -0.2) is 0 Å². The molecule has 1 aromatic carbocycles. The van der Waals surface area contributed by atoms with E-state index < -0.39 is 0 Å². The number of aromatic hydroxyl groups is 1. The zero-order valence-electron chi connectivity index (χ0n) is 8.92. The van der Waals surface area contributed by atoms with Crippen LogP contribution in [-0.4, -0.2) is 25.8 Å². The first-order valence-electron chi connectivity index (χ1n) is 4.70. The average molecular weight is 195 g/mol. The monoisotopic (exact) mass is 195 g/mol. The highest BCUT2D eigenvalue weighted by atomic mass is 16.5. The van der Waals surface area contributed by atoms with Crippen molar-refractivity contribution in [2.45, 2.75) is 13.3 Å². The molecule has 0 saturated heterocycles. The number of rotatable bonds is 4. The molecule has 1 rings (SSSR count). The maximum atomic E-state index is 9.38. The van der Waals surface area contributed by atoms with Gasteiger partial charge in [0.1, 0.15) is 11.5 Å². The molecule has 0 radical (unpaired) electrons. The highest BCUT2D eigenvalue weighted by Gasteiger charge is 2.07. The first-order valence-corrected chi connectivity index (χ1v) is 4.70. The molecule has 2 N–H and O–H groups in total. The fraction of sp³-hybridized carbons (Fsp3) is 0.455. The number of ether oxygens (including phenoxy) is 1. The van der Waals surface area contributed by atoms with Crippen LogP contribution in [0.1, 0.15) is 11.1 Å². The van der Waals surface area contributed by atoms with E-state index in [4.69, 9.17) is 4.74 Å². The number of phenols is 1. The van der Waals surface area contributed by atoms with Gasteiger partial charge in [-0.2, -0.15) is 0 Å². The molecule has 0 aromatic heterocycles. The third kappa shape index (κ3) is 2.39. The molecule has 0 saturated carbocycles. The van der Waals surface area contributed by atoms with Gasteiger partial charge in [0.25, 0.3) is 0 Å². The van der Waals surface area contributed by atoms with Crippen LogP contribution < -0.4 is 10.1 Å². The molecular formula is C11H17NO2. The summed E-state index contributed by atoms with van der Waals surface area (Å²) in [5.74, 6) is 1.02. The Kier molecular flexibility index (Phi) is 3.77. The lowest BCUT2D eigenvalue weighted by atomic mass is 10.0. The molecule has 0 amide bonds. The van der Waals surface area contributed by atoms with Gasteiger partial charge in [0.2, 0.25) is 0 Å². The standard InChI is InChI=1S/C11H17NO2/c1-8-6-9(13)7-11(14-3)10(8)4-5-12-2/h6-7,12-13H,4-5H2,1-3H3. The minimum Gasteiger partial charge on any atom is -0.508 e. The molecule has 78 valence electrons. The summed E-state index contributed by atoms with van der Waals surface area (Å²) < 4.78 is 5.22. The molecule has 0 unspecified atom stereocenters. The van der Waals surface area contributed by atoms with E-state index in [0.29, 0.717) is 0 Å². The minimum absolute atomic E-state index is 0.257. The summed E-state index contributed by atoms with van der Waals surface area (Å²) in [5.41, 5.74) is 2.22. The first-order chi connectivity index (χ1) is 6.69. The van der Waals surface area contributed by atoms with Crippen molar-refractivity contribution in [3.05, 3.63) is 23.3 Å². The Balaban J connectivity index is 2.99. The quantitative estimate of drug-likeness (QED) is 0.764. The molecule has 0 fully saturated rings. The lowest BCUT2D eigenvalue weighted by molar-refractivity contribution is 0.401. The van der Waals surface area contributed by atoms with Gasteiger partial charge in [0, 0.05) is 6.07 Å². The Morgan fingerprint density at radius 1 is 1.43 bits per heavy atom. The topological polar surface area (TPSA) is 41.5 Å². The number of hydrogen-bond acceptors (Lipinski definition) is 3. The van der Waals surface area contributed by atoms with Crippen LogP contribution in [0.3, 0.4) is 0 Å². The van der Waals surface area contributed by atoms with Crippen LogP contribution in [0.25, 0.3) is 0 Å². The summed E-state index contributed by atoms with van der Waals surface area (Å²) in [7, 11) is 3.54. The van der Waals surface area contributed by atoms with E-state index in [1.54, 1.807) is 19.2 Å². The summed E-state index contributed by atoms with van der Waals surface area (Å²) in [4.78, 5) is 0. The Bertz CT molecular complexity index is 310.